The molecular weight excluding hydrogens is 317 g/mol. The highest BCUT2D eigenvalue weighted by molar-refractivity contribution is 6.33. The number of amides is 1. The second kappa shape index (κ2) is 8.39. The molecule has 0 aliphatic heterocycles. The number of unbranched alkanes of at least 4 members (excludes halogenated alkanes) is 1. The van der Waals surface area contributed by atoms with Crippen molar-refractivity contribution in [1.82, 2.24) is 4.90 Å². The Hall–Kier alpha value is -1.27. The third-order valence-corrected chi connectivity index (χ3v) is 3.51. The van der Waals surface area contributed by atoms with Gasteiger partial charge in [-0.2, -0.15) is 13.2 Å². The van der Waals surface area contributed by atoms with Gasteiger partial charge in [0.25, 0.3) is 0 Å². The molecule has 0 atom stereocenters. The number of anilines is 1. The van der Waals surface area contributed by atoms with Gasteiger partial charge in [0.05, 0.1) is 16.3 Å². The summed E-state index contributed by atoms with van der Waals surface area (Å²) in [6.45, 7) is 3.51. The van der Waals surface area contributed by atoms with Gasteiger partial charge in [0, 0.05) is 13.0 Å². The molecule has 124 valence electrons. The van der Waals surface area contributed by atoms with Crippen LogP contribution in [0.2, 0.25) is 5.02 Å². The van der Waals surface area contributed by atoms with Gasteiger partial charge in [-0.25, -0.2) is 0 Å². The SMILES string of the molecule is CCCCN(C)CCC(=O)Nc1cc(C(F)(F)F)ccc1Cl. The molecule has 1 rings (SSSR count). The second-order valence-corrected chi connectivity index (χ2v) is 5.55. The van der Waals surface area contributed by atoms with Crippen LogP contribution < -0.4 is 5.32 Å². The molecule has 0 unspecified atom stereocenters. The molecule has 0 bridgehead atoms. The highest BCUT2D eigenvalue weighted by Crippen LogP contribution is 2.33. The molecule has 0 aliphatic rings. The largest absolute Gasteiger partial charge is 0.416 e. The second-order valence-electron chi connectivity index (χ2n) is 5.15. The van der Waals surface area contributed by atoms with E-state index in [-0.39, 0.29) is 23.0 Å². The van der Waals surface area contributed by atoms with Crippen LogP contribution >= 0.6 is 11.6 Å². The Morgan fingerprint density at radius 3 is 2.59 bits per heavy atom. The zero-order valence-electron chi connectivity index (χ0n) is 12.6. The summed E-state index contributed by atoms with van der Waals surface area (Å²) in [5, 5.41) is 2.52. The summed E-state index contributed by atoms with van der Waals surface area (Å²) in [4.78, 5) is 13.8. The highest BCUT2D eigenvalue weighted by atomic mass is 35.5. The van der Waals surface area contributed by atoms with Gasteiger partial charge in [0.15, 0.2) is 0 Å². The molecule has 0 aromatic heterocycles. The van der Waals surface area contributed by atoms with E-state index in [0.717, 1.165) is 37.6 Å². The number of carbonyl (C=O) groups is 1. The number of hydrogen-bond donors (Lipinski definition) is 1. The van der Waals surface area contributed by atoms with Crippen LogP contribution in [-0.4, -0.2) is 30.9 Å². The minimum atomic E-state index is -4.47. The first-order valence-corrected chi connectivity index (χ1v) is 7.47. The Morgan fingerprint density at radius 1 is 1.32 bits per heavy atom. The Balaban J connectivity index is 2.61. The summed E-state index contributed by atoms with van der Waals surface area (Å²) in [6, 6.07) is 2.87. The maximum Gasteiger partial charge on any atom is 0.416 e. The van der Waals surface area contributed by atoms with Crippen LogP contribution in [0.1, 0.15) is 31.7 Å². The molecular formula is C15H20ClF3N2O. The van der Waals surface area contributed by atoms with E-state index in [2.05, 4.69) is 12.2 Å². The van der Waals surface area contributed by atoms with Crippen molar-refractivity contribution in [2.45, 2.75) is 32.4 Å². The topological polar surface area (TPSA) is 32.3 Å². The van der Waals surface area contributed by atoms with E-state index in [1.54, 1.807) is 0 Å². The number of nitrogens with zero attached hydrogens (tertiary/aromatic N) is 1. The maximum atomic E-state index is 12.6. The van der Waals surface area contributed by atoms with E-state index in [0.29, 0.717) is 6.54 Å². The fourth-order valence-corrected chi connectivity index (χ4v) is 2.01. The van der Waals surface area contributed by atoms with Crippen LogP contribution in [0.15, 0.2) is 18.2 Å². The lowest BCUT2D eigenvalue weighted by Crippen LogP contribution is -2.25. The van der Waals surface area contributed by atoms with Crippen molar-refractivity contribution < 1.29 is 18.0 Å². The molecule has 22 heavy (non-hydrogen) atoms. The van der Waals surface area contributed by atoms with Crippen LogP contribution in [0.3, 0.4) is 0 Å². The molecule has 1 aromatic rings. The molecule has 1 N–H and O–H groups in total. The third kappa shape index (κ3) is 6.23. The predicted molar refractivity (Wildman–Crippen MR) is 82.1 cm³/mol. The molecule has 0 saturated carbocycles. The quantitative estimate of drug-likeness (QED) is 0.799. The first-order valence-electron chi connectivity index (χ1n) is 7.09. The lowest BCUT2D eigenvalue weighted by molar-refractivity contribution is -0.137. The number of hydrogen-bond acceptors (Lipinski definition) is 2. The molecule has 1 amide bonds. The van der Waals surface area contributed by atoms with Crippen molar-refractivity contribution in [2.75, 3.05) is 25.5 Å². The van der Waals surface area contributed by atoms with Crippen molar-refractivity contribution in [3.8, 4) is 0 Å². The van der Waals surface area contributed by atoms with Gasteiger partial charge in [-0.3, -0.25) is 4.79 Å². The minimum Gasteiger partial charge on any atom is -0.325 e. The van der Waals surface area contributed by atoms with Gasteiger partial charge < -0.3 is 10.2 Å². The van der Waals surface area contributed by atoms with E-state index in [1.807, 2.05) is 11.9 Å². The van der Waals surface area contributed by atoms with E-state index in [1.165, 1.54) is 0 Å². The maximum absolute atomic E-state index is 12.6. The van der Waals surface area contributed by atoms with Gasteiger partial charge in [-0.1, -0.05) is 24.9 Å². The normalized spacial score (nSPS) is 11.8. The van der Waals surface area contributed by atoms with Crippen LogP contribution in [0.4, 0.5) is 18.9 Å². The summed E-state index contributed by atoms with van der Waals surface area (Å²) in [5.74, 6) is -0.357. The van der Waals surface area contributed by atoms with Crippen molar-refractivity contribution in [1.29, 1.82) is 0 Å². The molecule has 3 nitrogen and oxygen atoms in total. The molecule has 0 spiro atoms. The molecule has 0 heterocycles. The number of carbonyl (C=O) groups excluding carboxylic acids is 1. The van der Waals surface area contributed by atoms with E-state index >= 15 is 0 Å². The Labute approximate surface area is 133 Å². The summed E-state index contributed by atoms with van der Waals surface area (Å²) in [6.07, 6.45) is -2.16. The monoisotopic (exact) mass is 336 g/mol. The van der Waals surface area contributed by atoms with Gasteiger partial charge in [0.1, 0.15) is 0 Å². The molecule has 0 radical (unpaired) electrons. The number of benzene rings is 1. The van der Waals surface area contributed by atoms with Crippen LogP contribution in [-0.2, 0) is 11.0 Å². The zero-order valence-corrected chi connectivity index (χ0v) is 13.4. The van der Waals surface area contributed by atoms with E-state index < -0.39 is 11.7 Å². The number of nitrogens with one attached hydrogen (secondary N) is 1. The van der Waals surface area contributed by atoms with Gasteiger partial charge in [0.2, 0.25) is 5.91 Å². The summed E-state index contributed by atoms with van der Waals surface area (Å²) in [5.41, 5.74) is -0.857. The average molecular weight is 337 g/mol. The van der Waals surface area contributed by atoms with E-state index in [9.17, 15) is 18.0 Å². The third-order valence-electron chi connectivity index (χ3n) is 3.18. The molecule has 0 fully saturated rings. The Morgan fingerprint density at radius 2 is 2.00 bits per heavy atom. The fraction of sp³-hybridized carbons (Fsp3) is 0.533. The van der Waals surface area contributed by atoms with Crippen molar-refractivity contribution in [3.63, 3.8) is 0 Å². The molecule has 0 aliphatic carbocycles. The summed E-state index contributed by atoms with van der Waals surface area (Å²) >= 11 is 5.83. The smallest absolute Gasteiger partial charge is 0.325 e. The lowest BCUT2D eigenvalue weighted by atomic mass is 10.2. The number of alkyl halides is 3. The van der Waals surface area contributed by atoms with E-state index in [4.69, 9.17) is 11.6 Å². The minimum absolute atomic E-state index is 0.0160. The van der Waals surface area contributed by atoms with Gasteiger partial charge in [-0.05, 0) is 38.2 Å². The predicted octanol–water partition coefficient (Wildman–Crippen LogP) is 4.42. The first kappa shape index (κ1) is 18.8. The molecule has 0 saturated heterocycles. The summed E-state index contributed by atoms with van der Waals surface area (Å²) < 4.78 is 37.9. The zero-order chi connectivity index (χ0) is 16.8. The van der Waals surface area contributed by atoms with Crippen LogP contribution in [0.25, 0.3) is 0 Å². The summed E-state index contributed by atoms with van der Waals surface area (Å²) in [7, 11) is 1.90. The van der Waals surface area contributed by atoms with Crippen LogP contribution in [0, 0.1) is 0 Å². The van der Waals surface area contributed by atoms with Crippen molar-refractivity contribution in [2.24, 2.45) is 0 Å². The lowest BCUT2D eigenvalue weighted by Gasteiger charge is -2.16. The first-order chi connectivity index (χ1) is 10.2. The fourth-order valence-electron chi connectivity index (χ4n) is 1.84. The average Bonchev–Trinajstić information content (AvgIpc) is 2.44. The highest BCUT2D eigenvalue weighted by Gasteiger charge is 2.31. The standard InChI is InChI=1S/C15H20ClF3N2O/c1-3-4-8-21(2)9-7-14(22)20-13-10-11(15(17,18)19)5-6-12(13)16/h5-6,10H,3-4,7-9H2,1-2H3,(H,20,22). The Kier molecular flexibility index (Phi) is 7.16. The number of rotatable bonds is 7. The molecule has 7 heteroatoms. The number of halogens is 4. The van der Waals surface area contributed by atoms with Crippen molar-refractivity contribution in [3.05, 3.63) is 28.8 Å². The Bertz CT molecular complexity index is 506. The van der Waals surface area contributed by atoms with Crippen molar-refractivity contribution >= 4 is 23.2 Å². The van der Waals surface area contributed by atoms with Gasteiger partial charge in [-0.15, -0.1) is 0 Å². The molecule has 1 aromatic carbocycles. The van der Waals surface area contributed by atoms with Gasteiger partial charge >= 0.3 is 6.18 Å². The van der Waals surface area contributed by atoms with Crippen LogP contribution in [0.5, 0.6) is 0 Å².